The summed E-state index contributed by atoms with van der Waals surface area (Å²) in [6.07, 6.45) is 1.29. The van der Waals surface area contributed by atoms with Gasteiger partial charge in [0, 0.05) is 5.56 Å². The van der Waals surface area contributed by atoms with Gasteiger partial charge in [0.05, 0.1) is 13.3 Å². The van der Waals surface area contributed by atoms with E-state index in [2.05, 4.69) is 10.5 Å². The number of hydrogen-bond donors (Lipinski definition) is 3. The fraction of sp³-hybridized carbons (Fsp3) is 0.100. The van der Waals surface area contributed by atoms with Crippen LogP contribution < -0.4 is 14.9 Å². The minimum absolute atomic E-state index is 0.0787. The van der Waals surface area contributed by atoms with E-state index in [9.17, 15) is 15.0 Å². The summed E-state index contributed by atoms with van der Waals surface area (Å²) in [6, 6.07) is 15.1. The molecule has 3 rings (SSSR count). The number of para-hydroxylation sites is 1. The van der Waals surface area contributed by atoms with E-state index in [0.29, 0.717) is 17.1 Å². The fourth-order valence-corrected chi connectivity index (χ4v) is 2.31. The van der Waals surface area contributed by atoms with Crippen LogP contribution in [-0.4, -0.2) is 29.4 Å². The lowest BCUT2D eigenvalue weighted by molar-refractivity contribution is 0.0923. The highest BCUT2D eigenvalue weighted by atomic mass is 16.5. The number of phenols is 2. The van der Waals surface area contributed by atoms with Gasteiger partial charge in [-0.05, 0) is 36.4 Å². The van der Waals surface area contributed by atoms with Crippen LogP contribution in [0.3, 0.4) is 0 Å². The second kappa shape index (κ2) is 8.63. The highest BCUT2D eigenvalue weighted by Crippen LogP contribution is 2.35. The molecule has 2 aromatic carbocycles. The second-order valence-electron chi connectivity index (χ2n) is 5.66. The maximum absolute atomic E-state index is 12.1. The Morgan fingerprint density at radius 3 is 2.71 bits per heavy atom. The average Bonchev–Trinajstić information content (AvgIpc) is 3.19. The summed E-state index contributed by atoms with van der Waals surface area (Å²) in [4.78, 5) is 12.1. The lowest BCUT2D eigenvalue weighted by Crippen LogP contribution is -2.16. The molecule has 0 aliphatic carbocycles. The van der Waals surface area contributed by atoms with Crippen LogP contribution in [0.1, 0.15) is 21.9 Å². The molecule has 0 radical (unpaired) electrons. The highest BCUT2D eigenvalue weighted by molar-refractivity contribution is 5.92. The first kappa shape index (κ1) is 18.8. The first-order valence-corrected chi connectivity index (χ1v) is 8.26. The van der Waals surface area contributed by atoms with Gasteiger partial charge in [0.2, 0.25) is 5.75 Å². The number of aromatic hydroxyl groups is 2. The number of carbonyl (C=O) groups is 1. The van der Waals surface area contributed by atoms with E-state index < -0.39 is 5.91 Å². The molecule has 1 aromatic heterocycles. The van der Waals surface area contributed by atoms with Crippen molar-refractivity contribution < 1.29 is 28.9 Å². The molecule has 0 saturated heterocycles. The molecule has 8 nitrogen and oxygen atoms in total. The standard InChI is InChI=1S/C20H18N2O6/c1-26-18-10-13(9-16(23)19(18)24)11-21-22-20(25)17-8-7-15(28-17)12-27-14-5-3-2-4-6-14/h2-11,23-24H,12H2,1H3,(H,22,25)/b21-11+. The van der Waals surface area contributed by atoms with Gasteiger partial charge in [-0.2, -0.15) is 5.10 Å². The van der Waals surface area contributed by atoms with Crippen LogP contribution in [0.25, 0.3) is 0 Å². The minimum atomic E-state index is -0.544. The molecule has 144 valence electrons. The second-order valence-corrected chi connectivity index (χ2v) is 5.66. The highest BCUT2D eigenvalue weighted by Gasteiger charge is 2.11. The topological polar surface area (TPSA) is 114 Å². The Labute approximate surface area is 160 Å². The Morgan fingerprint density at radius 1 is 1.18 bits per heavy atom. The molecule has 0 spiro atoms. The van der Waals surface area contributed by atoms with Crippen molar-refractivity contribution in [2.45, 2.75) is 6.61 Å². The van der Waals surface area contributed by atoms with E-state index in [-0.39, 0.29) is 29.6 Å². The van der Waals surface area contributed by atoms with Gasteiger partial charge < -0.3 is 24.1 Å². The summed E-state index contributed by atoms with van der Waals surface area (Å²) in [5.74, 6) is 0.0768. The number of nitrogens with one attached hydrogen (secondary N) is 1. The average molecular weight is 382 g/mol. The first-order valence-electron chi connectivity index (χ1n) is 8.26. The molecule has 3 N–H and O–H groups in total. The third kappa shape index (κ3) is 4.61. The quantitative estimate of drug-likeness (QED) is 0.329. The van der Waals surface area contributed by atoms with Gasteiger partial charge in [-0.15, -0.1) is 0 Å². The number of furan rings is 1. The predicted octanol–water partition coefficient (Wildman–Crippen LogP) is 3.04. The summed E-state index contributed by atoms with van der Waals surface area (Å²) in [6.45, 7) is 0.188. The molecule has 1 heterocycles. The van der Waals surface area contributed by atoms with Gasteiger partial charge in [0.25, 0.3) is 0 Å². The largest absolute Gasteiger partial charge is 0.504 e. The SMILES string of the molecule is COc1cc(/C=N/NC(=O)c2ccc(COc3ccccc3)o2)cc(O)c1O. The van der Waals surface area contributed by atoms with Crippen molar-refractivity contribution in [3.05, 3.63) is 71.7 Å². The van der Waals surface area contributed by atoms with Crippen molar-refractivity contribution >= 4 is 12.1 Å². The lowest BCUT2D eigenvalue weighted by Gasteiger charge is -2.06. The predicted molar refractivity (Wildman–Crippen MR) is 101 cm³/mol. The van der Waals surface area contributed by atoms with Crippen LogP contribution in [0.15, 0.2) is 64.1 Å². The summed E-state index contributed by atoms with van der Waals surface area (Å²) < 4.78 is 15.9. The summed E-state index contributed by atoms with van der Waals surface area (Å²) in [5.41, 5.74) is 2.74. The number of benzene rings is 2. The van der Waals surface area contributed by atoms with E-state index in [1.807, 2.05) is 30.3 Å². The van der Waals surface area contributed by atoms with Crippen molar-refractivity contribution in [1.82, 2.24) is 5.43 Å². The van der Waals surface area contributed by atoms with Crippen molar-refractivity contribution in [1.29, 1.82) is 0 Å². The molecular weight excluding hydrogens is 364 g/mol. The van der Waals surface area contributed by atoms with E-state index in [0.717, 1.165) is 0 Å². The van der Waals surface area contributed by atoms with Gasteiger partial charge in [-0.1, -0.05) is 18.2 Å². The number of ether oxygens (including phenoxy) is 2. The zero-order chi connectivity index (χ0) is 19.9. The number of phenolic OH excluding ortho intramolecular Hbond substituents is 2. The number of hydrogen-bond acceptors (Lipinski definition) is 7. The number of hydrazone groups is 1. The Kier molecular flexibility index (Phi) is 5.81. The van der Waals surface area contributed by atoms with E-state index in [4.69, 9.17) is 13.9 Å². The van der Waals surface area contributed by atoms with Crippen molar-refractivity contribution in [2.24, 2.45) is 5.10 Å². The minimum Gasteiger partial charge on any atom is -0.504 e. The van der Waals surface area contributed by atoms with Crippen LogP contribution in [-0.2, 0) is 6.61 Å². The Hall–Kier alpha value is -3.94. The van der Waals surface area contributed by atoms with Gasteiger partial charge in [-0.25, -0.2) is 5.43 Å². The smallest absolute Gasteiger partial charge is 0.307 e. The number of amides is 1. The molecule has 0 fully saturated rings. The summed E-state index contributed by atoms with van der Waals surface area (Å²) in [7, 11) is 1.35. The molecule has 0 aliphatic heterocycles. The van der Waals surface area contributed by atoms with E-state index in [1.54, 1.807) is 6.07 Å². The third-order valence-electron chi connectivity index (χ3n) is 3.69. The van der Waals surface area contributed by atoms with Crippen LogP contribution in [0.4, 0.5) is 0 Å². The van der Waals surface area contributed by atoms with Gasteiger partial charge in [-0.3, -0.25) is 4.79 Å². The molecule has 1 amide bonds. The van der Waals surface area contributed by atoms with Crippen LogP contribution in [0.5, 0.6) is 23.0 Å². The molecule has 8 heteroatoms. The van der Waals surface area contributed by atoms with Crippen LogP contribution in [0.2, 0.25) is 0 Å². The van der Waals surface area contributed by atoms with E-state index in [1.165, 1.54) is 31.5 Å². The first-order chi connectivity index (χ1) is 13.6. The summed E-state index contributed by atoms with van der Waals surface area (Å²) in [5, 5.41) is 23.0. The maximum atomic E-state index is 12.1. The molecule has 0 atom stereocenters. The van der Waals surface area contributed by atoms with Crippen molar-refractivity contribution in [3.63, 3.8) is 0 Å². The van der Waals surface area contributed by atoms with E-state index >= 15 is 0 Å². The van der Waals surface area contributed by atoms with Gasteiger partial charge in [0.15, 0.2) is 17.3 Å². The number of rotatable bonds is 7. The molecule has 0 saturated carbocycles. The Bertz CT molecular complexity index is 982. The number of nitrogens with zero attached hydrogens (tertiary/aromatic N) is 1. The normalized spacial score (nSPS) is 10.8. The summed E-state index contributed by atoms with van der Waals surface area (Å²) >= 11 is 0. The molecule has 0 aliphatic rings. The lowest BCUT2D eigenvalue weighted by atomic mass is 10.2. The van der Waals surface area contributed by atoms with Crippen molar-refractivity contribution in [3.8, 4) is 23.0 Å². The van der Waals surface area contributed by atoms with Gasteiger partial charge in [0.1, 0.15) is 18.1 Å². The monoisotopic (exact) mass is 382 g/mol. The zero-order valence-electron chi connectivity index (χ0n) is 15.0. The van der Waals surface area contributed by atoms with Crippen LogP contribution >= 0.6 is 0 Å². The molecule has 28 heavy (non-hydrogen) atoms. The molecule has 0 bridgehead atoms. The molecule has 3 aromatic rings. The van der Waals surface area contributed by atoms with Crippen LogP contribution in [0, 0.1) is 0 Å². The Morgan fingerprint density at radius 2 is 1.96 bits per heavy atom. The third-order valence-corrected chi connectivity index (χ3v) is 3.69. The van der Waals surface area contributed by atoms with Crippen molar-refractivity contribution in [2.75, 3.05) is 7.11 Å². The maximum Gasteiger partial charge on any atom is 0.307 e. The number of methoxy groups -OCH3 is 1. The number of carbonyl (C=O) groups excluding carboxylic acids is 1. The Balaban J connectivity index is 1.57. The fourth-order valence-electron chi connectivity index (χ4n) is 2.31. The molecular formula is C20H18N2O6. The van der Waals surface area contributed by atoms with Gasteiger partial charge >= 0.3 is 5.91 Å². The zero-order valence-corrected chi connectivity index (χ0v) is 15.0. The molecule has 0 unspecified atom stereocenters.